The van der Waals surface area contributed by atoms with Crippen molar-refractivity contribution in [2.24, 2.45) is 16.7 Å². The van der Waals surface area contributed by atoms with Crippen LogP contribution in [0, 0.1) is 22.6 Å². The number of carbonyl (C=O) groups excluding carboxylic acids is 4. The predicted octanol–water partition coefficient (Wildman–Crippen LogP) is 9.40. The van der Waals surface area contributed by atoms with Crippen LogP contribution < -0.4 is 29.9 Å². The minimum atomic E-state index is -0.958. The number of β-amino-alcohol motifs (C(OH)–C–C–N with tert-alkyl or cyclic N) is 1. The van der Waals surface area contributed by atoms with Gasteiger partial charge in [0.05, 0.1) is 30.4 Å². The fourth-order valence-electron chi connectivity index (χ4n) is 12.9. The molecule has 2 aromatic carbocycles. The molecule has 6 heterocycles. The van der Waals surface area contributed by atoms with Crippen LogP contribution in [-0.4, -0.2) is 156 Å². The Labute approximate surface area is 467 Å². The van der Waals surface area contributed by atoms with Crippen LogP contribution in [0.25, 0.3) is 22.2 Å². The van der Waals surface area contributed by atoms with Gasteiger partial charge in [-0.3, -0.25) is 30.1 Å². The summed E-state index contributed by atoms with van der Waals surface area (Å²) in [5, 5.41) is 17.2. The third-order valence-corrected chi connectivity index (χ3v) is 18.0. The average Bonchev–Trinajstić information content (AvgIpc) is 4.50. The Hall–Kier alpha value is -5.89. The minimum Gasteiger partial charge on any atom is -0.495 e. The standard InChI is InChI=1S/C59H76ClFN10O8/c1-56(2,3)79-55(75)63-40-30-41(47(38-7-8-38)43(60)31-40)49-48(61)50-42(32-62-49)51(70-21-6-14-57(4,76)34-70)66-53(65-50)78-36-59(17-18-59)35-68-27-25-67(26-28-68)33-37-11-15-58(16-12-37)19-23-69(24-20-58)52(73)39-9-10-45(77-5)44(29-39)71-22-13-46(72)64-54(71)74/h9-10,29-32,37-38,76H,6-8,11-28,33-36H2,1-5H3,(H,63,75)(H,64,72,74)/t57-/m1/s1. The van der Waals surface area contributed by atoms with Gasteiger partial charge in [-0.2, -0.15) is 9.97 Å². The molecule has 3 saturated carbocycles. The molecule has 3 aliphatic carbocycles. The van der Waals surface area contributed by atoms with E-state index in [0.29, 0.717) is 89.6 Å². The number of benzene rings is 2. The highest BCUT2D eigenvalue weighted by molar-refractivity contribution is 6.32. The van der Waals surface area contributed by atoms with Gasteiger partial charge in [-0.25, -0.2) is 14.0 Å². The highest BCUT2D eigenvalue weighted by Crippen LogP contribution is 2.51. The number of carbonyl (C=O) groups is 4. The lowest BCUT2D eigenvalue weighted by Gasteiger charge is -2.47. The number of likely N-dealkylation sites (tertiary alicyclic amines) is 1. The van der Waals surface area contributed by atoms with E-state index >= 15 is 4.39 Å². The smallest absolute Gasteiger partial charge is 0.412 e. The van der Waals surface area contributed by atoms with Crippen molar-refractivity contribution < 1.29 is 42.9 Å². The Morgan fingerprint density at radius 2 is 1.65 bits per heavy atom. The summed E-state index contributed by atoms with van der Waals surface area (Å²) in [7, 11) is 1.53. The van der Waals surface area contributed by atoms with Crippen LogP contribution in [-0.2, 0) is 9.53 Å². The number of methoxy groups -OCH3 is 1. The molecule has 4 aliphatic heterocycles. The number of imide groups is 1. The van der Waals surface area contributed by atoms with Crippen LogP contribution in [0.2, 0.25) is 5.02 Å². The van der Waals surface area contributed by atoms with Crippen LogP contribution in [0.4, 0.5) is 31.2 Å². The molecule has 0 unspecified atom stereocenters. The quantitative estimate of drug-likeness (QED) is 0.108. The van der Waals surface area contributed by atoms with Crippen molar-refractivity contribution in [2.45, 2.75) is 128 Å². The number of piperazine rings is 1. The second-order valence-corrected chi connectivity index (χ2v) is 25.5. The first-order chi connectivity index (χ1) is 37.7. The van der Waals surface area contributed by atoms with Gasteiger partial charge in [0.15, 0.2) is 5.82 Å². The maximum absolute atomic E-state index is 17.4. The van der Waals surface area contributed by atoms with Crippen LogP contribution >= 0.6 is 11.6 Å². The molecule has 0 bridgehead atoms. The van der Waals surface area contributed by atoms with Crippen molar-refractivity contribution in [3.8, 4) is 23.0 Å². The Kier molecular flexibility index (Phi) is 15.2. The van der Waals surface area contributed by atoms with E-state index in [2.05, 4.69) is 20.4 Å². The summed E-state index contributed by atoms with van der Waals surface area (Å²) in [5.74, 6) is 0.726. The molecule has 11 rings (SSSR count). The third-order valence-electron chi connectivity index (χ3n) is 17.7. The minimum absolute atomic E-state index is 0.0488. The first-order valence-electron chi connectivity index (χ1n) is 28.6. The zero-order valence-corrected chi connectivity index (χ0v) is 47.2. The number of ether oxygens (including phenoxy) is 3. The Bertz CT molecular complexity index is 2990. The summed E-state index contributed by atoms with van der Waals surface area (Å²) in [6, 6.07) is 8.14. The van der Waals surface area contributed by atoms with Crippen LogP contribution in [0.5, 0.6) is 11.8 Å². The molecule has 79 heavy (non-hydrogen) atoms. The fraction of sp³-hybridized carbons (Fsp3) is 0.610. The first-order valence-corrected chi connectivity index (χ1v) is 29.0. The summed E-state index contributed by atoms with van der Waals surface area (Å²) in [6.07, 6.45) is 13.1. The Morgan fingerprint density at radius 3 is 2.32 bits per heavy atom. The Morgan fingerprint density at radius 1 is 0.911 bits per heavy atom. The molecule has 1 spiro atoms. The number of aromatic nitrogens is 3. The molecule has 4 saturated heterocycles. The van der Waals surface area contributed by atoms with Crippen molar-refractivity contribution in [1.29, 1.82) is 0 Å². The number of halogens is 2. The molecular weight excluding hydrogens is 1030 g/mol. The SMILES string of the molecule is COc1ccc(C(=O)N2CCC3(CCC(CN4CCN(CC5(COc6nc(N7CCC[C@@](C)(O)C7)c7cnc(-c8cc(NC(=O)OC(C)(C)C)cc(Cl)c8C8CC8)c(F)c7n6)CC5)CC4)CC3)CC2)cc1N1CCC(=O)NC1=O. The van der Waals surface area contributed by atoms with E-state index in [9.17, 15) is 24.3 Å². The molecule has 20 heteroatoms. The topological polar surface area (TPSA) is 195 Å². The van der Waals surface area contributed by atoms with Gasteiger partial charge in [-0.1, -0.05) is 11.6 Å². The first kappa shape index (κ1) is 55.0. The summed E-state index contributed by atoms with van der Waals surface area (Å²) in [6.45, 7) is 16.1. The second-order valence-electron chi connectivity index (χ2n) is 25.1. The third kappa shape index (κ3) is 12.4. The van der Waals surface area contributed by atoms with E-state index in [0.717, 1.165) is 89.8 Å². The number of anilines is 3. The number of hydrogen-bond acceptors (Lipinski definition) is 14. The van der Waals surface area contributed by atoms with Crippen molar-refractivity contribution in [2.75, 3.05) is 101 Å². The summed E-state index contributed by atoms with van der Waals surface area (Å²) in [5.41, 5.74) is 1.27. The Balaban J connectivity index is 0.698. The fourth-order valence-corrected chi connectivity index (χ4v) is 13.3. The average molecular weight is 1110 g/mol. The predicted molar refractivity (Wildman–Crippen MR) is 300 cm³/mol. The molecule has 5 amide bonds. The zero-order chi connectivity index (χ0) is 55.4. The van der Waals surface area contributed by atoms with E-state index in [1.165, 1.54) is 37.7 Å². The zero-order valence-electron chi connectivity index (χ0n) is 46.4. The number of fused-ring (bicyclic) bond motifs is 1. The van der Waals surface area contributed by atoms with Crippen molar-refractivity contribution in [1.82, 2.24) is 35.0 Å². The molecule has 0 radical (unpaired) electrons. The van der Waals surface area contributed by atoms with Crippen molar-refractivity contribution in [3.05, 3.63) is 58.5 Å². The second kappa shape index (κ2) is 21.9. The van der Waals surface area contributed by atoms with E-state index in [1.54, 1.807) is 57.3 Å². The van der Waals surface area contributed by atoms with E-state index in [-0.39, 0.29) is 58.7 Å². The number of urea groups is 1. The van der Waals surface area contributed by atoms with Gasteiger partial charge in [0.25, 0.3) is 5.91 Å². The monoisotopic (exact) mass is 1110 g/mol. The van der Waals surface area contributed by atoms with Crippen LogP contribution in [0.3, 0.4) is 0 Å². The number of rotatable bonds is 14. The van der Waals surface area contributed by atoms with Gasteiger partial charge in [-0.15, -0.1) is 0 Å². The van der Waals surface area contributed by atoms with Crippen molar-refractivity contribution >= 4 is 63.6 Å². The molecule has 1 atom stereocenters. The molecule has 7 aliphatic rings. The molecule has 4 aromatic rings. The lowest BCUT2D eigenvalue weighted by molar-refractivity contribution is -0.120. The van der Waals surface area contributed by atoms with E-state index < -0.39 is 29.1 Å². The molecule has 424 valence electrons. The number of hydrogen-bond donors (Lipinski definition) is 3. The normalized spacial score (nSPS) is 23.0. The lowest BCUT2D eigenvalue weighted by Crippen LogP contribution is -2.50. The molecule has 2 aromatic heterocycles. The summed E-state index contributed by atoms with van der Waals surface area (Å²) >= 11 is 6.92. The van der Waals surface area contributed by atoms with Gasteiger partial charge < -0.3 is 38.9 Å². The van der Waals surface area contributed by atoms with Crippen LogP contribution in [0.15, 0.2) is 36.5 Å². The lowest BCUT2D eigenvalue weighted by atomic mass is 9.65. The van der Waals surface area contributed by atoms with Gasteiger partial charge in [0.2, 0.25) is 5.91 Å². The number of nitrogens with zero attached hydrogens (tertiary/aromatic N) is 8. The maximum Gasteiger partial charge on any atom is 0.412 e. The number of amides is 5. The van der Waals surface area contributed by atoms with E-state index in [1.807, 2.05) is 16.7 Å². The summed E-state index contributed by atoms with van der Waals surface area (Å²) < 4.78 is 35.0. The van der Waals surface area contributed by atoms with Gasteiger partial charge in [-0.05, 0) is 158 Å². The molecule has 7 fully saturated rings. The number of pyridine rings is 1. The van der Waals surface area contributed by atoms with Gasteiger partial charge >= 0.3 is 18.1 Å². The number of nitrogens with one attached hydrogen (secondary N) is 2. The van der Waals surface area contributed by atoms with Gasteiger partial charge in [0.1, 0.15) is 28.4 Å². The molecule has 18 nitrogen and oxygen atoms in total. The highest BCUT2D eigenvalue weighted by atomic mass is 35.5. The van der Waals surface area contributed by atoms with Crippen molar-refractivity contribution in [3.63, 3.8) is 0 Å². The molecule has 3 N–H and O–H groups in total. The highest BCUT2D eigenvalue weighted by Gasteiger charge is 2.46. The molecular formula is C59H76ClFN10O8. The van der Waals surface area contributed by atoms with Crippen LogP contribution in [0.1, 0.15) is 133 Å². The largest absolute Gasteiger partial charge is 0.495 e. The number of aliphatic hydroxyl groups is 1. The summed E-state index contributed by atoms with van der Waals surface area (Å²) in [4.78, 5) is 76.2. The number of piperidine rings is 2. The van der Waals surface area contributed by atoms with Gasteiger partial charge in [0, 0.05) is 112 Å². The maximum atomic E-state index is 17.4. The van der Waals surface area contributed by atoms with E-state index in [4.69, 9.17) is 40.8 Å².